The average Bonchev–Trinajstić information content (AvgIpc) is 3.22. The van der Waals surface area contributed by atoms with Gasteiger partial charge in [0.2, 0.25) is 0 Å². The van der Waals surface area contributed by atoms with Gasteiger partial charge in [-0.1, -0.05) is 0 Å². The summed E-state index contributed by atoms with van der Waals surface area (Å²) in [6, 6.07) is 10.0. The molecule has 9 nitrogen and oxygen atoms in total. The maximum absolute atomic E-state index is 9.92. The molecule has 0 saturated heterocycles. The number of hydrogen-bond donors (Lipinski definition) is 0. The van der Waals surface area contributed by atoms with Crippen LogP contribution in [0.2, 0.25) is 0 Å². The Labute approximate surface area is 163 Å². The molecule has 1 aromatic rings. The van der Waals surface area contributed by atoms with Crippen molar-refractivity contribution in [1.82, 2.24) is 0 Å². The van der Waals surface area contributed by atoms with Crippen LogP contribution >= 0.6 is 25.1 Å². The summed E-state index contributed by atoms with van der Waals surface area (Å²) in [5.74, 6) is 0. The van der Waals surface area contributed by atoms with Crippen LogP contribution in [0.3, 0.4) is 0 Å². The van der Waals surface area contributed by atoms with Crippen LogP contribution in [-0.2, 0) is 57.6 Å². The van der Waals surface area contributed by atoms with E-state index in [4.69, 9.17) is 13.6 Å². The summed E-state index contributed by atoms with van der Waals surface area (Å²) in [5, 5.41) is 0. The molecule has 0 aliphatic carbocycles. The van der Waals surface area contributed by atoms with E-state index in [9.17, 15) is 9.13 Å². The van der Waals surface area contributed by atoms with Crippen molar-refractivity contribution in [2.45, 2.75) is 0 Å². The molecule has 0 aromatic heterocycles. The molecule has 0 amide bonds. The van der Waals surface area contributed by atoms with E-state index in [1.165, 1.54) is 28.4 Å². The molecule has 0 heterocycles. The summed E-state index contributed by atoms with van der Waals surface area (Å²) in [6.07, 6.45) is 0. The van der Waals surface area contributed by atoms with Crippen LogP contribution in [0.5, 0.6) is 0 Å². The molecular weight excluding hydrogens is 440 g/mol. The Kier molecular flexibility index (Phi) is 38.7. The SMILES string of the molecule is CO[PH+](OC)OC.CO[PH](=O)OC.CO[PH](=O)OC.[Co].c1cc[cH-]c1. The van der Waals surface area contributed by atoms with Gasteiger partial charge in [0.25, 0.3) is 0 Å². The van der Waals surface area contributed by atoms with Crippen LogP contribution in [0.25, 0.3) is 0 Å². The minimum absolute atomic E-state index is 0. The number of hydrogen-bond acceptors (Lipinski definition) is 9. The van der Waals surface area contributed by atoms with E-state index in [0.717, 1.165) is 0 Å². The monoisotopic (exact) mass is 469 g/mol. The quantitative estimate of drug-likeness (QED) is 0.438. The average molecular weight is 469 g/mol. The van der Waals surface area contributed by atoms with Crippen LogP contribution in [-0.4, -0.2) is 49.8 Å². The van der Waals surface area contributed by atoms with Gasteiger partial charge in [-0.3, -0.25) is 9.13 Å². The zero-order valence-electron chi connectivity index (χ0n) is 15.4. The molecule has 1 aromatic carbocycles. The van der Waals surface area contributed by atoms with E-state index in [2.05, 4.69) is 18.1 Å². The third kappa shape index (κ3) is 32.6. The standard InChI is InChI=1S/C5H5.C3H10O3P.2C2H7O3P.Co/c1-2-4-5-3-1;1-4-7(5-2)6-3;2*1-4-6(3)5-2;/h1-5H;7H,1-3H3;2*6H,1-2H3;/q-1;+1;;;. The minimum atomic E-state index is -2.12. The van der Waals surface area contributed by atoms with Crippen LogP contribution in [0, 0.1) is 0 Å². The van der Waals surface area contributed by atoms with E-state index in [0.29, 0.717) is 0 Å². The van der Waals surface area contributed by atoms with Crippen LogP contribution in [0.1, 0.15) is 0 Å². The summed E-state index contributed by atoms with van der Waals surface area (Å²) in [7, 11) is 4.42. The molecule has 1 rings (SSSR count). The van der Waals surface area contributed by atoms with Gasteiger partial charge in [-0.25, -0.2) is 12.1 Å². The van der Waals surface area contributed by atoms with Gasteiger partial charge < -0.3 is 18.1 Å². The second-order valence-electron chi connectivity index (χ2n) is 3.14. The topological polar surface area (TPSA) is 98.8 Å². The maximum Gasteiger partial charge on any atom is 0.397 e. The van der Waals surface area contributed by atoms with E-state index < -0.39 is 25.1 Å². The third-order valence-corrected chi connectivity index (χ3v) is 4.06. The smallest absolute Gasteiger partial charge is 0.314 e. The van der Waals surface area contributed by atoms with Crippen LogP contribution in [0.4, 0.5) is 0 Å². The Balaban J connectivity index is -0.000000117. The molecule has 0 unspecified atom stereocenters. The molecule has 0 fully saturated rings. The van der Waals surface area contributed by atoms with Crippen LogP contribution < -0.4 is 0 Å². The van der Waals surface area contributed by atoms with E-state index in [1.807, 2.05) is 30.3 Å². The number of rotatable bonds is 7. The molecule has 0 aliphatic rings. The van der Waals surface area contributed by atoms with Crippen molar-refractivity contribution in [1.29, 1.82) is 0 Å². The first kappa shape index (κ1) is 33.1. The zero-order valence-corrected chi connectivity index (χ0v) is 19.4. The summed E-state index contributed by atoms with van der Waals surface area (Å²) in [4.78, 5) is 0. The zero-order chi connectivity index (χ0) is 19.2. The predicted molar refractivity (Wildman–Crippen MR) is 97.4 cm³/mol. The van der Waals surface area contributed by atoms with E-state index >= 15 is 0 Å². The normalized spacial score (nSPS) is 9.20. The Bertz CT molecular complexity index is 314. The third-order valence-electron chi connectivity index (χ3n) is 1.72. The van der Waals surface area contributed by atoms with Gasteiger partial charge in [-0.2, -0.15) is 31.8 Å². The summed E-state index contributed by atoms with van der Waals surface area (Å²) in [5.41, 5.74) is 0. The fourth-order valence-electron chi connectivity index (χ4n) is 0.737. The van der Waals surface area contributed by atoms with Gasteiger partial charge >= 0.3 is 25.1 Å². The second-order valence-corrected chi connectivity index (χ2v) is 7.50. The van der Waals surface area contributed by atoms with Crippen molar-refractivity contribution in [2.24, 2.45) is 0 Å². The van der Waals surface area contributed by atoms with Crippen LogP contribution in [0.15, 0.2) is 30.3 Å². The van der Waals surface area contributed by atoms with E-state index in [-0.39, 0.29) is 16.8 Å². The molecule has 25 heavy (non-hydrogen) atoms. The van der Waals surface area contributed by atoms with Gasteiger partial charge in [-0.05, 0) is 0 Å². The van der Waals surface area contributed by atoms with Crippen molar-refractivity contribution in [3.8, 4) is 0 Å². The molecule has 155 valence electrons. The molecule has 0 spiro atoms. The molecule has 0 aliphatic heterocycles. The molecule has 0 bridgehead atoms. The van der Waals surface area contributed by atoms with Gasteiger partial charge in [-0.15, -0.1) is 0 Å². The van der Waals surface area contributed by atoms with Gasteiger partial charge in [0.05, 0.1) is 21.3 Å². The second kappa shape index (κ2) is 29.2. The minimum Gasteiger partial charge on any atom is -0.314 e. The molecular formula is C12H29CoO9P3. The van der Waals surface area contributed by atoms with Crippen molar-refractivity contribution in [3.63, 3.8) is 0 Å². The molecule has 1 radical (unpaired) electrons. The van der Waals surface area contributed by atoms with Crippen molar-refractivity contribution in [2.75, 3.05) is 49.8 Å². The molecule has 13 heteroatoms. The first-order valence-corrected chi connectivity index (χ1v) is 10.0. The largest absolute Gasteiger partial charge is 0.397 e. The fraction of sp³-hybridized carbons (Fsp3) is 0.583. The predicted octanol–water partition coefficient (Wildman–Crippen LogP) is 3.63. The maximum atomic E-state index is 9.92. The Morgan fingerprint density at radius 2 is 0.960 bits per heavy atom. The first-order chi connectivity index (χ1) is 11.5. The van der Waals surface area contributed by atoms with Crippen molar-refractivity contribution in [3.05, 3.63) is 30.3 Å². The molecule has 0 N–H and O–H groups in total. The Morgan fingerprint density at radius 3 is 1.00 bits per heavy atom. The fourth-order valence-corrected chi connectivity index (χ4v) is 1.57. The molecule has 0 atom stereocenters. The van der Waals surface area contributed by atoms with E-state index in [1.54, 1.807) is 21.3 Å². The molecule has 0 saturated carbocycles. The van der Waals surface area contributed by atoms with Gasteiger partial charge in [0.1, 0.15) is 0 Å². The van der Waals surface area contributed by atoms with Gasteiger partial charge in [0, 0.05) is 45.2 Å². The summed E-state index contributed by atoms with van der Waals surface area (Å²) >= 11 is 0. The first-order valence-electron chi connectivity index (χ1n) is 6.36. The summed E-state index contributed by atoms with van der Waals surface area (Å²) < 4.78 is 50.9. The van der Waals surface area contributed by atoms with Crippen molar-refractivity contribution < 1.29 is 57.6 Å². The van der Waals surface area contributed by atoms with Gasteiger partial charge in [0.15, 0.2) is 0 Å². The van der Waals surface area contributed by atoms with Crippen molar-refractivity contribution >= 4 is 25.1 Å². The Morgan fingerprint density at radius 1 is 0.680 bits per heavy atom. The Hall–Kier alpha value is 0.466. The summed E-state index contributed by atoms with van der Waals surface area (Å²) in [6.45, 7) is 0.